The molecule has 166 valence electrons. The Labute approximate surface area is 184 Å². The number of nitrogens with two attached hydrogens (primary N) is 1. The average Bonchev–Trinajstić information content (AvgIpc) is 2.78. The van der Waals surface area contributed by atoms with E-state index in [1.807, 2.05) is 49.4 Å². The molecule has 3 aromatic rings. The maximum absolute atomic E-state index is 12.8. The molecule has 3 rings (SSSR count). The molecule has 0 aliphatic rings. The maximum Gasteiger partial charge on any atom is 0.332 e. The predicted molar refractivity (Wildman–Crippen MR) is 121 cm³/mol. The first-order chi connectivity index (χ1) is 15.3. The standard InChI is InChI=1S/C24H25N3O5/c1-3-26-23(30)21(22(25)27(24(26)31)14-18-7-5-4-6-8-18)19(28)15-32-20(29)13-17-11-9-16(2)10-12-17/h4-12H,3,13-15,25H2,1-2H3. The molecule has 0 bridgehead atoms. The molecule has 0 saturated heterocycles. The number of ketones is 1. The Morgan fingerprint density at radius 2 is 1.59 bits per heavy atom. The lowest BCUT2D eigenvalue weighted by molar-refractivity contribution is -0.141. The molecule has 1 aromatic heterocycles. The van der Waals surface area contributed by atoms with Gasteiger partial charge in [0, 0.05) is 6.54 Å². The predicted octanol–water partition coefficient (Wildman–Crippen LogP) is 1.94. The van der Waals surface area contributed by atoms with Crippen LogP contribution in [-0.2, 0) is 29.0 Å². The zero-order chi connectivity index (χ0) is 23.3. The summed E-state index contributed by atoms with van der Waals surface area (Å²) in [5, 5.41) is 0. The zero-order valence-electron chi connectivity index (χ0n) is 18.0. The van der Waals surface area contributed by atoms with E-state index in [4.69, 9.17) is 10.5 Å². The Morgan fingerprint density at radius 1 is 0.938 bits per heavy atom. The van der Waals surface area contributed by atoms with Gasteiger partial charge in [0.2, 0.25) is 5.78 Å². The fourth-order valence-electron chi connectivity index (χ4n) is 3.32. The molecule has 0 saturated carbocycles. The van der Waals surface area contributed by atoms with Gasteiger partial charge < -0.3 is 10.5 Å². The summed E-state index contributed by atoms with van der Waals surface area (Å²) in [6.07, 6.45) is -0.00423. The largest absolute Gasteiger partial charge is 0.457 e. The molecule has 32 heavy (non-hydrogen) atoms. The van der Waals surface area contributed by atoms with E-state index in [2.05, 4.69) is 0 Å². The van der Waals surface area contributed by atoms with Gasteiger partial charge in [-0.2, -0.15) is 0 Å². The fraction of sp³-hybridized carbons (Fsp3) is 0.250. The van der Waals surface area contributed by atoms with E-state index in [0.29, 0.717) is 0 Å². The second-order valence-electron chi connectivity index (χ2n) is 7.41. The highest BCUT2D eigenvalue weighted by Crippen LogP contribution is 2.11. The molecule has 8 nitrogen and oxygen atoms in total. The number of anilines is 1. The maximum atomic E-state index is 12.8. The van der Waals surface area contributed by atoms with Crippen molar-refractivity contribution in [3.63, 3.8) is 0 Å². The number of Topliss-reactive ketones (excluding diaryl/α,β-unsaturated/α-hetero) is 1. The number of aryl methyl sites for hydroxylation is 1. The van der Waals surface area contributed by atoms with Crippen LogP contribution in [0, 0.1) is 6.92 Å². The van der Waals surface area contributed by atoms with E-state index in [-0.39, 0.29) is 30.9 Å². The molecule has 0 unspecified atom stereocenters. The molecule has 2 aromatic carbocycles. The van der Waals surface area contributed by atoms with Crippen LogP contribution in [0.2, 0.25) is 0 Å². The Bertz CT molecular complexity index is 1240. The molecule has 0 aliphatic heterocycles. The van der Waals surface area contributed by atoms with Crippen molar-refractivity contribution >= 4 is 17.6 Å². The number of hydrogen-bond acceptors (Lipinski definition) is 6. The van der Waals surface area contributed by atoms with Crippen LogP contribution in [0.15, 0.2) is 64.2 Å². The SMILES string of the molecule is CCn1c(=O)c(C(=O)COC(=O)Cc2ccc(C)cc2)c(N)n(Cc2ccccc2)c1=O. The lowest BCUT2D eigenvalue weighted by Crippen LogP contribution is -2.44. The minimum atomic E-state index is -0.793. The van der Waals surface area contributed by atoms with Gasteiger partial charge in [0.1, 0.15) is 11.4 Å². The van der Waals surface area contributed by atoms with Crippen molar-refractivity contribution in [2.75, 3.05) is 12.3 Å². The Balaban J connectivity index is 1.84. The van der Waals surface area contributed by atoms with Crippen LogP contribution in [0.25, 0.3) is 0 Å². The van der Waals surface area contributed by atoms with Gasteiger partial charge in [0.05, 0.1) is 13.0 Å². The highest BCUT2D eigenvalue weighted by molar-refractivity contribution is 6.01. The highest BCUT2D eigenvalue weighted by Gasteiger charge is 2.23. The van der Waals surface area contributed by atoms with Gasteiger partial charge >= 0.3 is 11.7 Å². The topological polar surface area (TPSA) is 113 Å². The Kier molecular flexibility index (Phi) is 7.04. The van der Waals surface area contributed by atoms with Crippen molar-refractivity contribution < 1.29 is 14.3 Å². The third-order valence-corrected chi connectivity index (χ3v) is 5.08. The van der Waals surface area contributed by atoms with Crippen molar-refractivity contribution in [3.8, 4) is 0 Å². The lowest BCUT2D eigenvalue weighted by Gasteiger charge is -2.16. The summed E-state index contributed by atoms with van der Waals surface area (Å²) in [4.78, 5) is 50.5. The smallest absolute Gasteiger partial charge is 0.332 e. The molecule has 1 heterocycles. The molecule has 0 fully saturated rings. The Hall–Kier alpha value is -3.94. The van der Waals surface area contributed by atoms with Crippen LogP contribution >= 0.6 is 0 Å². The number of carbonyl (C=O) groups excluding carboxylic acids is 2. The zero-order valence-corrected chi connectivity index (χ0v) is 18.0. The minimum Gasteiger partial charge on any atom is -0.457 e. The van der Waals surface area contributed by atoms with E-state index in [9.17, 15) is 19.2 Å². The molecule has 0 radical (unpaired) electrons. The number of aromatic nitrogens is 2. The first-order valence-electron chi connectivity index (χ1n) is 10.2. The second kappa shape index (κ2) is 9.91. The van der Waals surface area contributed by atoms with Crippen LogP contribution in [0.3, 0.4) is 0 Å². The van der Waals surface area contributed by atoms with Crippen molar-refractivity contribution in [2.24, 2.45) is 0 Å². The third-order valence-electron chi connectivity index (χ3n) is 5.08. The second-order valence-corrected chi connectivity index (χ2v) is 7.41. The summed E-state index contributed by atoms with van der Waals surface area (Å²) in [6.45, 7) is 3.09. The van der Waals surface area contributed by atoms with Crippen LogP contribution in [0.4, 0.5) is 5.82 Å². The van der Waals surface area contributed by atoms with E-state index in [1.165, 1.54) is 4.57 Å². The summed E-state index contributed by atoms with van der Waals surface area (Å²) in [5.74, 6) is -1.60. The molecule has 0 amide bonds. The normalized spacial score (nSPS) is 10.7. The highest BCUT2D eigenvalue weighted by atomic mass is 16.5. The van der Waals surface area contributed by atoms with Crippen molar-refractivity contribution in [1.29, 1.82) is 0 Å². The first-order valence-corrected chi connectivity index (χ1v) is 10.2. The number of ether oxygens (including phenoxy) is 1. The van der Waals surface area contributed by atoms with E-state index in [1.54, 1.807) is 19.1 Å². The van der Waals surface area contributed by atoms with Gasteiger partial charge in [-0.3, -0.25) is 23.5 Å². The minimum absolute atomic E-state index is 0.00423. The molecular weight excluding hydrogens is 410 g/mol. The first kappa shape index (κ1) is 22.7. The van der Waals surface area contributed by atoms with Gasteiger partial charge in [-0.15, -0.1) is 0 Å². The average molecular weight is 435 g/mol. The molecule has 0 aliphatic carbocycles. The van der Waals surface area contributed by atoms with Crippen molar-refractivity contribution in [1.82, 2.24) is 9.13 Å². The van der Waals surface area contributed by atoms with Crippen molar-refractivity contribution in [3.05, 3.63) is 97.7 Å². The molecule has 0 atom stereocenters. The van der Waals surface area contributed by atoms with Crippen LogP contribution in [0.1, 0.15) is 34.0 Å². The van der Waals surface area contributed by atoms with Crippen LogP contribution in [0.5, 0.6) is 0 Å². The summed E-state index contributed by atoms with van der Waals surface area (Å²) >= 11 is 0. The number of esters is 1. The number of rotatable bonds is 8. The Morgan fingerprint density at radius 3 is 2.22 bits per heavy atom. The number of benzene rings is 2. The quantitative estimate of drug-likeness (QED) is 0.427. The molecule has 2 N–H and O–H groups in total. The summed E-state index contributed by atoms with van der Waals surface area (Å²) in [7, 11) is 0. The van der Waals surface area contributed by atoms with Crippen LogP contribution < -0.4 is 17.0 Å². The van der Waals surface area contributed by atoms with E-state index < -0.39 is 29.6 Å². The fourth-order valence-corrected chi connectivity index (χ4v) is 3.32. The van der Waals surface area contributed by atoms with Gasteiger partial charge in [0.15, 0.2) is 6.61 Å². The third kappa shape index (κ3) is 5.03. The number of nitrogens with zero attached hydrogens (tertiary/aromatic N) is 2. The molecule has 0 spiro atoms. The van der Waals surface area contributed by atoms with Gasteiger partial charge in [-0.05, 0) is 25.0 Å². The van der Waals surface area contributed by atoms with Crippen molar-refractivity contribution in [2.45, 2.75) is 33.4 Å². The van der Waals surface area contributed by atoms with E-state index >= 15 is 0 Å². The molecular formula is C24H25N3O5. The monoisotopic (exact) mass is 435 g/mol. The number of hydrogen-bond donors (Lipinski definition) is 1. The number of nitrogen functional groups attached to an aromatic ring is 1. The van der Waals surface area contributed by atoms with Crippen LogP contribution in [-0.4, -0.2) is 27.5 Å². The summed E-state index contributed by atoms with van der Waals surface area (Å²) in [5.41, 5.74) is 6.93. The van der Waals surface area contributed by atoms with Gasteiger partial charge in [-0.25, -0.2) is 4.79 Å². The number of carbonyl (C=O) groups is 2. The summed E-state index contributed by atoms with van der Waals surface area (Å²) in [6, 6.07) is 16.4. The van der Waals surface area contributed by atoms with Gasteiger partial charge in [-0.1, -0.05) is 60.2 Å². The molecule has 8 heteroatoms. The van der Waals surface area contributed by atoms with E-state index in [0.717, 1.165) is 21.3 Å². The summed E-state index contributed by atoms with van der Waals surface area (Å²) < 4.78 is 7.21. The van der Waals surface area contributed by atoms with Gasteiger partial charge in [0.25, 0.3) is 5.56 Å². The lowest BCUT2D eigenvalue weighted by atomic mass is 10.1.